The topological polar surface area (TPSA) is 32.3 Å². The number of anilines is 1. The van der Waals surface area contributed by atoms with Crippen LogP contribution in [0.1, 0.15) is 12.0 Å². The number of rotatable bonds is 7. The number of benzene rings is 2. The minimum atomic E-state index is 0.0606. The molecule has 0 heterocycles. The standard InChI is InChI=1S/C18H22N2OS/c1-20(2)14-15-7-6-8-16(13-15)19-18(21)11-12-22-17-9-4-3-5-10-17/h3-10,13H,11-12,14H2,1-2H3,(H,19,21). The first-order valence-electron chi connectivity index (χ1n) is 7.35. The zero-order valence-corrected chi connectivity index (χ0v) is 13.9. The lowest BCUT2D eigenvalue weighted by molar-refractivity contribution is -0.115. The van der Waals surface area contributed by atoms with E-state index in [4.69, 9.17) is 0 Å². The number of amides is 1. The van der Waals surface area contributed by atoms with Crippen molar-refractivity contribution in [2.24, 2.45) is 0 Å². The molecule has 0 aliphatic heterocycles. The summed E-state index contributed by atoms with van der Waals surface area (Å²) in [6, 6.07) is 18.2. The van der Waals surface area contributed by atoms with Crippen LogP contribution >= 0.6 is 11.8 Å². The Balaban J connectivity index is 1.79. The lowest BCUT2D eigenvalue weighted by Gasteiger charge is -2.11. The van der Waals surface area contributed by atoms with Gasteiger partial charge in [-0.3, -0.25) is 4.79 Å². The van der Waals surface area contributed by atoms with Crippen LogP contribution in [0.3, 0.4) is 0 Å². The van der Waals surface area contributed by atoms with E-state index in [-0.39, 0.29) is 5.91 Å². The number of carbonyl (C=O) groups is 1. The van der Waals surface area contributed by atoms with E-state index in [2.05, 4.69) is 28.4 Å². The molecule has 22 heavy (non-hydrogen) atoms. The third-order valence-corrected chi connectivity index (χ3v) is 4.06. The monoisotopic (exact) mass is 314 g/mol. The van der Waals surface area contributed by atoms with Gasteiger partial charge in [0.15, 0.2) is 0 Å². The molecule has 1 N–H and O–H groups in total. The zero-order valence-electron chi connectivity index (χ0n) is 13.1. The van der Waals surface area contributed by atoms with E-state index >= 15 is 0 Å². The van der Waals surface area contributed by atoms with E-state index in [9.17, 15) is 4.79 Å². The van der Waals surface area contributed by atoms with Crippen LogP contribution in [-0.2, 0) is 11.3 Å². The quantitative estimate of drug-likeness (QED) is 0.787. The maximum absolute atomic E-state index is 12.0. The predicted molar refractivity (Wildman–Crippen MR) is 94.2 cm³/mol. The minimum Gasteiger partial charge on any atom is -0.326 e. The fraction of sp³-hybridized carbons (Fsp3) is 0.278. The van der Waals surface area contributed by atoms with Crippen LogP contribution in [-0.4, -0.2) is 30.7 Å². The molecule has 1 amide bonds. The number of nitrogens with one attached hydrogen (secondary N) is 1. The van der Waals surface area contributed by atoms with Gasteiger partial charge in [-0.15, -0.1) is 11.8 Å². The van der Waals surface area contributed by atoms with Gasteiger partial charge in [-0.25, -0.2) is 0 Å². The van der Waals surface area contributed by atoms with Crippen molar-refractivity contribution < 1.29 is 4.79 Å². The normalized spacial score (nSPS) is 10.7. The molecule has 0 saturated heterocycles. The smallest absolute Gasteiger partial charge is 0.225 e. The summed E-state index contributed by atoms with van der Waals surface area (Å²) in [5, 5.41) is 2.97. The molecule has 3 nitrogen and oxygen atoms in total. The van der Waals surface area contributed by atoms with Gasteiger partial charge in [-0.05, 0) is 43.9 Å². The highest BCUT2D eigenvalue weighted by atomic mass is 32.2. The van der Waals surface area contributed by atoms with E-state index in [1.54, 1.807) is 11.8 Å². The molecular formula is C18H22N2OS. The first-order chi connectivity index (χ1) is 10.6. The average molecular weight is 314 g/mol. The Hall–Kier alpha value is -1.78. The maximum atomic E-state index is 12.0. The summed E-state index contributed by atoms with van der Waals surface area (Å²) in [6.45, 7) is 0.869. The maximum Gasteiger partial charge on any atom is 0.225 e. The molecule has 0 aliphatic rings. The molecule has 4 heteroatoms. The molecule has 2 aromatic carbocycles. The van der Waals surface area contributed by atoms with Crippen molar-refractivity contribution in [3.63, 3.8) is 0 Å². The summed E-state index contributed by atoms with van der Waals surface area (Å²) in [5.41, 5.74) is 2.07. The SMILES string of the molecule is CN(C)Cc1cccc(NC(=O)CCSc2ccccc2)c1. The van der Waals surface area contributed by atoms with E-state index in [0.29, 0.717) is 6.42 Å². The number of hydrogen-bond acceptors (Lipinski definition) is 3. The van der Waals surface area contributed by atoms with Crippen molar-refractivity contribution in [2.75, 3.05) is 25.2 Å². The van der Waals surface area contributed by atoms with Gasteiger partial charge in [0, 0.05) is 29.3 Å². The molecule has 0 aromatic heterocycles. The van der Waals surface area contributed by atoms with Crippen molar-refractivity contribution in [3.05, 3.63) is 60.2 Å². The third-order valence-electron chi connectivity index (χ3n) is 3.05. The lowest BCUT2D eigenvalue weighted by Crippen LogP contribution is -2.13. The zero-order chi connectivity index (χ0) is 15.8. The first-order valence-corrected chi connectivity index (χ1v) is 8.33. The van der Waals surface area contributed by atoms with Crippen LogP contribution in [0.25, 0.3) is 0 Å². The summed E-state index contributed by atoms with van der Waals surface area (Å²) in [5.74, 6) is 0.846. The van der Waals surface area contributed by atoms with Crippen LogP contribution in [0.4, 0.5) is 5.69 Å². The Morgan fingerprint density at radius 3 is 2.59 bits per heavy atom. The molecule has 0 fully saturated rings. The minimum absolute atomic E-state index is 0.0606. The second-order valence-corrected chi connectivity index (χ2v) is 6.57. The molecule has 0 aliphatic carbocycles. The molecule has 0 bridgehead atoms. The largest absolute Gasteiger partial charge is 0.326 e. The first kappa shape index (κ1) is 16.6. The van der Waals surface area contributed by atoms with Gasteiger partial charge in [0.05, 0.1) is 0 Å². The van der Waals surface area contributed by atoms with Crippen LogP contribution < -0.4 is 5.32 Å². The van der Waals surface area contributed by atoms with E-state index < -0.39 is 0 Å². The summed E-state index contributed by atoms with van der Waals surface area (Å²) in [6.07, 6.45) is 0.511. The number of thioether (sulfide) groups is 1. The van der Waals surface area contributed by atoms with Crippen molar-refractivity contribution in [1.82, 2.24) is 4.90 Å². The highest BCUT2D eigenvalue weighted by molar-refractivity contribution is 7.99. The number of hydrogen-bond donors (Lipinski definition) is 1. The van der Waals surface area contributed by atoms with Gasteiger partial charge in [-0.2, -0.15) is 0 Å². The molecule has 0 saturated carbocycles. The van der Waals surface area contributed by atoms with Crippen molar-refractivity contribution >= 4 is 23.4 Å². The molecular weight excluding hydrogens is 292 g/mol. The van der Waals surface area contributed by atoms with Gasteiger partial charge < -0.3 is 10.2 Å². The van der Waals surface area contributed by atoms with Crippen molar-refractivity contribution in [2.45, 2.75) is 17.9 Å². The Kier molecular flexibility index (Phi) is 6.49. The molecule has 116 valence electrons. The Labute approximate surface area is 136 Å². The summed E-state index contributed by atoms with van der Waals surface area (Å²) in [4.78, 5) is 15.3. The lowest BCUT2D eigenvalue weighted by atomic mass is 10.2. The molecule has 0 spiro atoms. The highest BCUT2D eigenvalue weighted by Gasteiger charge is 2.04. The fourth-order valence-electron chi connectivity index (χ4n) is 2.11. The average Bonchev–Trinajstić information content (AvgIpc) is 2.48. The molecule has 0 radical (unpaired) electrons. The van der Waals surface area contributed by atoms with Crippen molar-refractivity contribution in [3.8, 4) is 0 Å². The van der Waals surface area contributed by atoms with Crippen LogP contribution in [0, 0.1) is 0 Å². The van der Waals surface area contributed by atoms with Gasteiger partial charge in [0.25, 0.3) is 0 Å². The highest BCUT2D eigenvalue weighted by Crippen LogP contribution is 2.18. The third kappa shape index (κ3) is 5.92. The predicted octanol–water partition coefficient (Wildman–Crippen LogP) is 3.87. The summed E-state index contributed by atoms with van der Waals surface area (Å²) < 4.78 is 0. The van der Waals surface area contributed by atoms with Gasteiger partial charge >= 0.3 is 0 Å². The fourth-order valence-corrected chi connectivity index (χ4v) is 2.99. The van der Waals surface area contributed by atoms with Crippen LogP contribution in [0.5, 0.6) is 0 Å². The van der Waals surface area contributed by atoms with Crippen LogP contribution in [0.15, 0.2) is 59.5 Å². The molecule has 0 unspecified atom stereocenters. The van der Waals surface area contributed by atoms with Gasteiger partial charge in [0.1, 0.15) is 0 Å². The van der Waals surface area contributed by atoms with Gasteiger partial charge in [-0.1, -0.05) is 30.3 Å². The van der Waals surface area contributed by atoms with Crippen molar-refractivity contribution in [1.29, 1.82) is 0 Å². The van der Waals surface area contributed by atoms with E-state index in [1.807, 2.05) is 50.5 Å². The number of carbonyl (C=O) groups excluding carboxylic acids is 1. The summed E-state index contributed by atoms with van der Waals surface area (Å²) >= 11 is 1.70. The Morgan fingerprint density at radius 2 is 1.86 bits per heavy atom. The van der Waals surface area contributed by atoms with Gasteiger partial charge in [0.2, 0.25) is 5.91 Å². The Bertz CT molecular complexity index is 599. The molecule has 0 atom stereocenters. The summed E-state index contributed by atoms with van der Waals surface area (Å²) in [7, 11) is 4.07. The van der Waals surface area contributed by atoms with Crippen LogP contribution in [0.2, 0.25) is 0 Å². The second-order valence-electron chi connectivity index (χ2n) is 5.40. The molecule has 2 rings (SSSR count). The molecule has 2 aromatic rings. The van der Waals surface area contributed by atoms with E-state index in [0.717, 1.165) is 18.0 Å². The van der Waals surface area contributed by atoms with E-state index in [1.165, 1.54) is 10.5 Å². The number of nitrogens with zero attached hydrogens (tertiary/aromatic N) is 1. The Morgan fingerprint density at radius 1 is 1.09 bits per heavy atom. The second kappa shape index (κ2) is 8.61.